The van der Waals surface area contributed by atoms with Crippen LogP contribution in [0.3, 0.4) is 0 Å². The average Bonchev–Trinajstić information content (AvgIpc) is 2.44. The maximum atomic E-state index is 12.3. The van der Waals surface area contributed by atoms with Crippen LogP contribution in [0.1, 0.15) is 65.7 Å². The lowest BCUT2D eigenvalue weighted by atomic mass is 9.52. The van der Waals surface area contributed by atoms with Gasteiger partial charge in [0.25, 0.3) is 0 Å². The Morgan fingerprint density at radius 2 is 1.75 bits per heavy atom. The molecule has 1 saturated heterocycles. The van der Waals surface area contributed by atoms with Crippen LogP contribution >= 0.6 is 0 Å². The van der Waals surface area contributed by atoms with Gasteiger partial charge >= 0.3 is 5.97 Å². The van der Waals surface area contributed by atoms with Crippen molar-refractivity contribution in [3.8, 4) is 0 Å². The maximum absolute atomic E-state index is 12.3. The van der Waals surface area contributed by atoms with E-state index < -0.39 is 0 Å². The lowest BCUT2D eigenvalue weighted by Crippen LogP contribution is -2.62. The van der Waals surface area contributed by atoms with Gasteiger partial charge in [-0.15, -0.1) is 0 Å². The van der Waals surface area contributed by atoms with Gasteiger partial charge in [0.1, 0.15) is 5.60 Å². The van der Waals surface area contributed by atoms with E-state index in [-0.39, 0.29) is 28.5 Å². The number of esters is 1. The fraction of sp³-hybridized carbons (Fsp3) is 0.950. The number of hydrogen-bond acceptors (Lipinski definition) is 4. The summed E-state index contributed by atoms with van der Waals surface area (Å²) in [6.07, 6.45) is 7.74. The molecule has 5 fully saturated rings. The summed E-state index contributed by atoms with van der Waals surface area (Å²) in [5, 5.41) is 0. The zero-order chi connectivity index (χ0) is 17.0. The predicted molar refractivity (Wildman–Crippen MR) is 90.6 cm³/mol. The molecule has 4 nitrogen and oxygen atoms in total. The van der Waals surface area contributed by atoms with Gasteiger partial charge < -0.3 is 14.2 Å². The van der Waals surface area contributed by atoms with E-state index in [1.807, 2.05) is 13.8 Å². The minimum atomic E-state index is -0.249. The van der Waals surface area contributed by atoms with Gasteiger partial charge in [0.2, 0.25) is 0 Å². The summed E-state index contributed by atoms with van der Waals surface area (Å²) in [7, 11) is 0. The Morgan fingerprint density at radius 1 is 1.12 bits per heavy atom. The highest BCUT2D eigenvalue weighted by atomic mass is 16.6. The Bertz CT molecular complexity index is 488. The first kappa shape index (κ1) is 16.8. The van der Waals surface area contributed by atoms with Gasteiger partial charge in [-0.25, -0.2) is 0 Å². The third kappa shape index (κ3) is 2.80. The van der Waals surface area contributed by atoms with Crippen molar-refractivity contribution in [1.82, 2.24) is 0 Å². The Morgan fingerprint density at radius 3 is 2.25 bits per heavy atom. The summed E-state index contributed by atoms with van der Waals surface area (Å²) in [6, 6.07) is 0. The van der Waals surface area contributed by atoms with E-state index in [0.717, 1.165) is 58.3 Å². The van der Waals surface area contributed by atoms with Crippen LogP contribution in [0.15, 0.2) is 0 Å². The fourth-order valence-electron chi connectivity index (χ4n) is 5.80. The van der Waals surface area contributed by atoms with Gasteiger partial charge in [0.15, 0.2) is 0 Å². The molecule has 2 atom stereocenters. The Hall–Kier alpha value is -0.610. The van der Waals surface area contributed by atoms with Crippen LogP contribution in [0.4, 0.5) is 0 Å². The van der Waals surface area contributed by atoms with E-state index in [2.05, 4.69) is 6.92 Å². The molecule has 5 aliphatic rings. The first-order chi connectivity index (χ1) is 11.4. The van der Waals surface area contributed by atoms with Crippen LogP contribution in [0, 0.1) is 23.2 Å². The number of carbonyl (C=O) groups is 1. The number of rotatable bonds is 6. The first-order valence-corrected chi connectivity index (χ1v) is 9.82. The minimum absolute atomic E-state index is 0.0375. The highest BCUT2D eigenvalue weighted by molar-refractivity contribution is 5.72. The van der Waals surface area contributed by atoms with Crippen LogP contribution in [-0.2, 0) is 19.0 Å². The van der Waals surface area contributed by atoms with E-state index >= 15 is 0 Å². The molecule has 24 heavy (non-hydrogen) atoms. The highest BCUT2D eigenvalue weighted by Crippen LogP contribution is 2.60. The van der Waals surface area contributed by atoms with Crippen molar-refractivity contribution < 1.29 is 19.0 Å². The SMILES string of the molecule is CCC1(COC23CC4CC(C2)CC(OC(=O)C(C)C)(C4)C3)COC1. The molecule has 4 heteroatoms. The van der Waals surface area contributed by atoms with Crippen molar-refractivity contribution in [2.24, 2.45) is 23.2 Å². The maximum Gasteiger partial charge on any atom is 0.308 e. The number of carbonyl (C=O) groups excluding carboxylic acids is 1. The predicted octanol–water partition coefficient (Wildman–Crippen LogP) is 3.72. The van der Waals surface area contributed by atoms with Crippen LogP contribution in [-0.4, -0.2) is 37.0 Å². The van der Waals surface area contributed by atoms with E-state index in [0.29, 0.717) is 11.8 Å². The minimum Gasteiger partial charge on any atom is -0.459 e. The van der Waals surface area contributed by atoms with Crippen molar-refractivity contribution in [3.63, 3.8) is 0 Å². The lowest BCUT2D eigenvalue weighted by Gasteiger charge is -2.61. The van der Waals surface area contributed by atoms with Gasteiger partial charge in [-0.2, -0.15) is 0 Å². The molecule has 0 amide bonds. The van der Waals surface area contributed by atoms with Gasteiger partial charge in [-0.1, -0.05) is 20.8 Å². The van der Waals surface area contributed by atoms with E-state index in [1.165, 1.54) is 6.42 Å². The summed E-state index contributed by atoms with van der Waals surface area (Å²) in [6.45, 7) is 8.56. The van der Waals surface area contributed by atoms with Crippen LogP contribution in [0.25, 0.3) is 0 Å². The summed E-state index contributed by atoms with van der Waals surface area (Å²) >= 11 is 0. The van der Waals surface area contributed by atoms with Gasteiger partial charge in [-0.05, 0) is 50.4 Å². The third-order valence-electron chi connectivity index (χ3n) is 6.99. The molecule has 5 rings (SSSR count). The quantitative estimate of drug-likeness (QED) is 0.694. The van der Waals surface area contributed by atoms with E-state index in [9.17, 15) is 4.79 Å². The van der Waals surface area contributed by atoms with E-state index in [1.54, 1.807) is 0 Å². The Kier molecular flexibility index (Phi) is 4.00. The fourth-order valence-corrected chi connectivity index (χ4v) is 5.80. The molecular weight excluding hydrogens is 304 g/mol. The number of hydrogen-bond donors (Lipinski definition) is 0. The largest absolute Gasteiger partial charge is 0.459 e. The normalized spacial score (nSPS) is 42.2. The summed E-state index contributed by atoms with van der Waals surface area (Å²) < 4.78 is 18.2. The number of ether oxygens (including phenoxy) is 3. The molecule has 4 bridgehead atoms. The molecule has 4 aliphatic carbocycles. The van der Waals surface area contributed by atoms with Crippen LogP contribution in [0.2, 0.25) is 0 Å². The van der Waals surface area contributed by atoms with Gasteiger partial charge in [0.05, 0.1) is 31.3 Å². The summed E-state index contributed by atoms with van der Waals surface area (Å²) in [4.78, 5) is 12.3. The molecular formula is C20H32O4. The third-order valence-corrected chi connectivity index (χ3v) is 6.99. The molecule has 2 unspecified atom stereocenters. The topological polar surface area (TPSA) is 44.8 Å². The molecule has 1 heterocycles. The molecule has 0 aromatic heterocycles. The molecule has 0 radical (unpaired) electrons. The van der Waals surface area contributed by atoms with Crippen LogP contribution < -0.4 is 0 Å². The van der Waals surface area contributed by atoms with Gasteiger partial charge in [0, 0.05) is 11.8 Å². The second-order valence-corrected chi connectivity index (χ2v) is 9.54. The molecule has 0 N–H and O–H groups in total. The molecule has 1 aliphatic heterocycles. The molecule has 0 aromatic rings. The van der Waals surface area contributed by atoms with Crippen molar-refractivity contribution in [1.29, 1.82) is 0 Å². The lowest BCUT2D eigenvalue weighted by molar-refractivity contribution is -0.255. The molecule has 136 valence electrons. The van der Waals surface area contributed by atoms with Crippen molar-refractivity contribution >= 4 is 5.97 Å². The monoisotopic (exact) mass is 336 g/mol. The van der Waals surface area contributed by atoms with Crippen molar-refractivity contribution in [3.05, 3.63) is 0 Å². The Labute approximate surface area is 145 Å². The summed E-state index contributed by atoms with van der Waals surface area (Å²) in [5.41, 5.74) is -0.0782. The average molecular weight is 336 g/mol. The standard InChI is InChI=1S/C20H32O4/c1-4-18(11-22-12-18)13-23-19-6-15-5-16(7-19)9-20(8-15,10-19)24-17(21)14(2)3/h14-16H,4-13H2,1-3H3. The molecule has 4 saturated carbocycles. The van der Waals surface area contributed by atoms with E-state index in [4.69, 9.17) is 14.2 Å². The Balaban J connectivity index is 1.49. The first-order valence-electron chi connectivity index (χ1n) is 9.82. The highest BCUT2D eigenvalue weighted by Gasteiger charge is 2.61. The van der Waals surface area contributed by atoms with Crippen molar-refractivity contribution in [2.45, 2.75) is 76.9 Å². The molecule has 0 spiro atoms. The zero-order valence-electron chi connectivity index (χ0n) is 15.4. The zero-order valence-corrected chi connectivity index (χ0v) is 15.4. The second-order valence-electron chi connectivity index (χ2n) is 9.54. The summed E-state index contributed by atoms with van der Waals surface area (Å²) in [5.74, 6) is 1.25. The van der Waals surface area contributed by atoms with Crippen LogP contribution in [0.5, 0.6) is 0 Å². The second kappa shape index (κ2) is 5.70. The smallest absolute Gasteiger partial charge is 0.308 e. The van der Waals surface area contributed by atoms with Gasteiger partial charge in [-0.3, -0.25) is 4.79 Å². The van der Waals surface area contributed by atoms with Crippen molar-refractivity contribution in [2.75, 3.05) is 19.8 Å². The molecule has 0 aromatic carbocycles.